The van der Waals surface area contributed by atoms with Gasteiger partial charge in [-0.25, -0.2) is 4.79 Å². The smallest absolute Gasteiger partial charge is 0.410 e. The Kier molecular flexibility index (Phi) is 4.00. The number of para-hydroxylation sites is 1. The molecule has 0 radical (unpaired) electrons. The second kappa shape index (κ2) is 5.71. The van der Waals surface area contributed by atoms with E-state index >= 15 is 0 Å². The van der Waals surface area contributed by atoms with Gasteiger partial charge in [0.05, 0.1) is 19.7 Å². The molecule has 1 saturated heterocycles. The molecule has 0 bridgehead atoms. The van der Waals surface area contributed by atoms with Gasteiger partial charge in [-0.2, -0.15) is 0 Å². The lowest BCUT2D eigenvalue weighted by atomic mass is 9.79. The molecule has 3 rings (SSSR count). The molecule has 1 aromatic rings. The predicted molar refractivity (Wildman–Crippen MR) is 86.7 cm³/mol. The summed E-state index contributed by atoms with van der Waals surface area (Å²) in [6.45, 7) is 6.87. The largest absolute Gasteiger partial charge is 0.493 e. The normalized spacial score (nSPS) is 22.6. The summed E-state index contributed by atoms with van der Waals surface area (Å²) >= 11 is 0. The van der Waals surface area contributed by atoms with Crippen molar-refractivity contribution in [3.8, 4) is 5.75 Å². The topological polar surface area (TPSA) is 59.0 Å². The molecule has 0 aromatic heterocycles. The maximum atomic E-state index is 12.0. The van der Waals surface area contributed by atoms with E-state index in [1.807, 2.05) is 39.0 Å². The van der Waals surface area contributed by atoms with Crippen molar-refractivity contribution in [1.82, 2.24) is 4.90 Å². The lowest BCUT2D eigenvalue weighted by molar-refractivity contribution is -0.107. The zero-order valence-electron chi connectivity index (χ0n) is 14.0. The van der Waals surface area contributed by atoms with Gasteiger partial charge in [0.25, 0.3) is 0 Å². The van der Waals surface area contributed by atoms with Gasteiger partial charge >= 0.3 is 6.09 Å². The van der Waals surface area contributed by atoms with E-state index in [-0.39, 0.29) is 12.0 Å². The standard InChI is InChI=1S/C18H25NO4/c1-17(2,3)23-16(20)19-11-18(21,12-19)10-13-8-9-22-15-7-5-4-6-14(13)15/h4-7,13,21H,8-12H2,1-3H3. The van der Waals surface area contributed by atoms with E-state index in [2.05, 4.69) is 6.07 Å². The van der Waals surface area contributed by atoms with Crippen LogP contribution in [0.25, 0.3) is 0 Å². The number of benzene rings is 1. The van der Waals surface area contributed by atoms with Gasteiger partial charge in [0, 0.05) is 0 Å². The number of β-amino-alcohol motifs (C(OH)–C–C–N with tert-alkyl or cyclic N) is 1. The van der Waals surface area contributed by atoms with Crippen LogP contribution >= 0.6 is 0 Å². The number of fused-ring (bicyclic) bond motifs is 1. The quantitative estimate of drug-likeness (QED) is 0.910. The van der Waals surface area contributed by atoms with Gasteiger partial charge in [-0.05, 0) is 51.2 Å². The van der Waals surface area contributed by atoms with E-state index in [4.69, 9.17) is 9.47 Å². The van der Waals surface area contributed by atoms with Gasteiger partial charge in [-0.15, -0.1) is 0 Å². The lowest BCUT2D eigenvalue weighted by Gasteiger charge is -2.48. The van der Waals surface area contributed by atoms with Crippen LogP contribution in [0.5, 0.6) is 5.75 Å². The summed E-state index contributed by atoms with van der Waals surface area (Å²) in [5.41, 5.74) is -0.181. The van der Waals surface area contributed by atoms with E-state index in [1.54, 1.807) is 4.90 Å². The molecule has 1 atom stereocenters. The van der Waals surface area contributed by atoms with Gasteiger partial charge in [-0.3, -0.25) is 0 Å². The number of amides is 1. The summed E-state index contributed by atoms with van der Waals surface area (Å²) in [5, 5.41) is 10.7. The van der Waals surface area contributed by atoms with Crippen LogP contribution < -0.4 is 4.74 Å². The highest BCUT2D eigenvalue weighted by Crippen LogP contribution is 2.40. The number of hydrogen-bond donors (Lipinski definition) is 1. The summed E-state index contributed by atoms with van der Waals surface area (Å²) in [6, 6.07) is 7.99. The highest BCUT2D eigenvalue weighted by molar-refractivity contribution is 5.69. The minimum atomic E-state index is -0.827. The number of aliphatic hydroxyl groups is 1. The van der Waals surface area contributed by atoms with Crippen molar-refractivity contribution >= 4 is 6.09 Å². The van der Waals surface area contributed by atoms with Gasteiger partial charge in [-0.1, -0.05) is 18.2 Å². The van der Waals surface area contributed by atoms with Gasteiger partial charge in [0.15, 0.2) is 0 Å². The Morgan fingerprint density at radius 1 is 1.39 bits per heavy atom. The highest BCUT2D eigenvalue weighted by Gasteiger charge is 2.46. The highest BCUT2D eigenvalue weighted by atomic mass is 16.6. The van der Waals surface area contributed by atoms with Crippen LogP contribution in [-0.4, -0.2) is 47.0 Å². The molecular weight excluding hydrogens is 294 g/mol. The molecule has 0 aliphatic carbocycles. The molecule has 1 unspecified atom stereocenters. The second-order valence-electron chi connectivity index (χ2n) is 7.64. The summed E-state index contributed by atoms with van der Waals surface area (Å²) in [6.07, 6.45) is 1.19. The van der Waals surface area contributed by atoms with Crippen LogP contribution in [0, 0.1) is 0 Å². The molecule has 2 aliphatic heterocycles. The lowest BCUT2D eigenvalue weighted by Crippen LogP contribution is -2.64. The Morgan fingerprint density at radius 3 is 2.78 bits per heavy atom. The number of carbonyl (C=O) groups is 1. The molecule has 0 spiro atoms. The maximum absolute atomic E-state index is 12.0. The average Bonchev–Trinajstić information content (AvgIpc) is 2.43. The molecular formula is C18H25NO4. The van der Waals surface area contributed by atoms with Gasteiger partial charge < -0.3 is 19.5 Å². The van der Waals surface area contributed by atoms with Crippen LogP contribution in [-0.2, 0) is 4.74 Å². The van der Waals surface area contributed by atoms with Crippen molar-refractivity contribution < 1.29 is 19.4 Å². The Morgan fingerprint density at radius 2 is 2.09 bits per heavy atom. The Balaban J connectivity index is 1.59. The first-order chi connectivity index (χ1) is 10.8. The van der Waals surface area contributed by atoms with Crippen molar-refractivity contribution in [2.45, 2.75) is 50.7 Å². The zero-order chi connectivity index (χ0) is 16.7. The van der Waals surface area contributed by atoms with Crippen molar-refractivity contribution in [3.63, 3.8) is 0 Å². The fourth-order valence-electron chi connectivity index (χ4n) is 3.34. The minimum Gasteiger partial charge on any atom is -0.493 e. The Bertz CT molecular complexity index is 587. The molecule has 5 nitrogen and oxygen atoms in total. The fourth-order valence-corrected chi connectivity index (χ4v) is 3.34. The van der Waals surface area contributed by atoms with Crippen LogP contribution in [0.2, 0.25) is 0 Å². The maximum Gasteiger partial charge on any atom is 0.410 e. The predicted octanol–water partition coefficient (Wildman–Crippen LogP) is 2.92. The van der Waals surface area contributed by atoms with E-state index in [0.717, 1.165) is 17.7 Å². The first kappa shape index (κ1) is 16.1. The molecule has 1 fully saturated rings. The number of likely N-dealkylation sites (tertiary alicyclic amines) is 1. The average molecular weight is 319 g/mol. The molecule has 2 heterocycles. The van der Waals surface area contributed by atoms with Crippen molar-refractivity contribution in [2.75, 3.05) is 19.7 Å². The third-order valence-electron chi connectivity index (χ3n) is 4.33. The van der Waals surface area contributed by atoms with Crippen molar-refractivity contribution in [1.29, 1.82) is 0 Å². The SMILES string of the molecule is CC(C)(C)OC(=O)N1CC(O)(CC2CCOc3ccccc32)C1. The number of carbonyl (C=O) groups excluding carboxylic acids is 1. The molecule has 2 aliphatic rings. The molecule has 5 heteroatoms. The number of nitrogens with zero attached hydrogens (tertiary/aromatic N) is 1. The third-order valence-corrected chi connectivity index (χ3v) is 4.33. The van der Waals surface area contributed by atoms with Crippen molar-refractivity contribution in [2.24, 2.45) is 0 Å². The van der Waals surface area contributed by atoms with Crippen LogP contribution in [0.3, 0.4) is 0 Å². The van der Waals surface area contributed by atoms with Crippen molar-refractivity contribution in [3.05, 3.63) is 29.8 Å². The summed E-state index contributed by atoms with van der Waals surface area (Å²) < 4.78 is 11.0. The van der Waals surface area contributed by atoms with Crippen LogP contribution in [0.1, 0.15) is 45.1 Å². The van der Waals surface area contributed by atoms with Gasteiger partial charge in [0.1, 0.15) is 17.0 Å². The number of rotatable bonds is 2. The number of ether oxygens (including phenoxy) is 2. The first-order valence-corrected chi connectivity index (χ1v) is 8.18. The van der Waals surface area contributed by atoms with E-state index < -0.39 is 11.2 Å². The fraction of sp³-hybridized carbons (Fsp3) is 0.611. The number of hydrogen-bond acceptors (Lipinski definition) is 4. The third kappa shape index (κ3) is 3.61. The van der Waals surface area contributed by atoms with E-state index in [9.17, 15) is 9.90 Å². The molecule has 1 aromatic carbocycles. The molecule has 126 valence electrons. The second-order valence-corrected chi connectivity index (χ2v) is 7.64. The molecule has 23 heavy (non-hydrogen) atoms. The van der Waals surface area contributed by atoms with Crippen LogP contribution in [0.15, 0.2) is 24.3 Å². The van der Waals surface area contributed by atoms with Crippen LogP contribution in [0.4, 0.5) is 4.79 Å². The molecule has 1 amide bonds. The summed E-state index contributed by atoms with van der Waals surface area (Å²) in [7, 11) is 0. The van der Waals surface area contributed by atoms with Gasteiger partial charge in [0.2, 0.25) is 0 Å². The first-order valence-electron chi connectivity index (χ1n) is 8.18. The zero-order valence-corrected chi connectivity index (χ0v) is 14.0. The summed E-state index contributed by atoms with van der Waals surface area (Å²) in [4.78, 5) is 13.6. The Labute approximate surface area is 137 Å². The Hall–Kier alpha value is -1.75. The summed E-state index contributed by atoms with van der Waals surface area (Å²) in [5.74, 6) is 1.18. The molecule has 1 N–H and O–H groups in total. The van der Waals surface area contributed by atoms with E-state index in [0.29, 0.717) is 26.1 Å². The monoisotopic (exact) mass is 319 g/mol. The molecule has 0 saturated carbocycles. The van der Waals surface area contributed by atoms with E-state index in [1.165, 1.54) is 0 Å². The minimum absolute atomic E-state index is 0.269.